The van der Waals surface area contributed by atoms with Crippen molar-refractivity contribution in [3.63, 3.8) is 0 Å². The van der Waals surface area contributed by atoms with E-state index in [0.717, 1.165) is 0 Å². The van der Waals surface area contributed by atoms with E-state index in [1.165, 1.54) is 24.3 Å². The maximum absolute atomic E-state index is 11.1. The Hall–Kier alpha value is -1.71. The highest BCUT2D eigenvalue weighted by atomic mass is 16.7. The summed E-state index contributed by atoms with van der Waals surface area (Å²) in [7, 11) is 0. The quantitative estimate of drug-likeness (QED) is 0.615. The van der Waals surface area contributed by atoms with Crippen molar-refractivity contribution in [2.75, 3.05) is 6.61 Å². The molecule has 15 heavy (non-hydrogen) atoms. The first-order valence-corrected chi connectivity index (χ1v) is 4.71. The second-order valence-electron chi connectivity index (χ2n) is 3.55. The summed E-state index contributed by atoms with van der Waals surface area (Å²) < 4.78 is 9.66. The summed E-state index contributed by atoms with van der Waals surface area (Å²) in [5, 5.41) is 9.00. The lowest BCUT2D eigenvalue weighted by Crippen LogP contribution is -2.14. The molecule has 4 nitrogen and oxygen atoms in total. The van der Waals surface area contributed by atoms with Gasteiger partial charge in [0.15, 0.2) is 0 Å². The minimum absolute atomic E-state index is 0.123. The Kier molecular flexibility index (Phi) is 3.97. The van der Waals surface area contributed by atoms with E-state index in [9.17, 15) is 4.79 Å². The van der Waals surface area contributed by atoms with Crippen LogP contribution in [0.3, 0.4) is 0 Å². The van der Waals surface area contributed by atoms with Crippen LogP contribution in [-0.4, -0.2) is 17.9 Å². The molecule has 0 spiro atoms. The van der Waals surface area contributed by atoms with E-state index in [-0.39, 0.29) is 11.7 Å². The lowest BCUT2D eigenvalue weighted by atomic mass is 10.2. The molecule has 0 atom stereocenters. The van der Waals surface area contributed by atoms with Crippen LogP contribution in [0.25, 0.3) is 0 Å². The van der Waals surface area contributed by atoms with Crippen LogP contribution in [0.1, 0.15) is 13.8 Å². The topological polar surface area (TPSA) is 55.8 Å². The predicted octanol–water partition coefficient (Wildman–Crippen LogP) is 2.56. The molecule has 82 valence electrons. The van der Waals surface area contributed by atoms with Crippen molar-refractivity contribution in [3.05, 3.63) is 24.3 Å². The van der Waals surface area contributed by atoms with E-state index in [0.29, 0.717) is 12.4 Å². The Balaban J connectivity index is 2.41. The van der Waals surface area contributed by atoms with E-state index < -0.39 is 6.16 Å². The molecule has 0 aliphatic heterocycles. The van der Waals surface area contributed by atoms with Crippen molar-refractivity contribution in [1.82, 2.24) is 0 Å². The Morgan fingerprint density at radius 1 is 1.33 bits per heavy atom. The molecule has 0 aliphatic carbocycles. The molecular formula is C11H14O4. The zero-order valence-electron chi connectivity index (χ0n) is 8.77. The Bertz CT molecular complexity index is 316. The van der Waals surface area contributed by atoms with Crippen molar-refractivity contribution in [1.29, 1.82) is 0 Å². The summed E-state index contributed by atoms with van der Waals surface area (Å²) in [5.74, 6) is 0.747. The number of phenols is 1. The molecule has 0 saturated heterocycles. The van der Waals surface area contributed by atoms with E-state index in [4.69, 9.17) is 14.6 Å². The summed E-state index contributed by atoms with van der Waals surface area (Å²) in [6, 6.07) is 5.86. The van der Waals surface area contributed by atoms with E-state index in [1.807, 2.05) is 13.8 Å². The molecule has 1 rings (SSSR count). The molecule has 0 unspecified atom stereocenters. The minimum Gasteiger partial charge on any atom is -0.508 e. The summed E-state index contributed by atoms with van der Waals surface area (Å²) in [4.78, 5) is 11.1. The van der Waals surface area contributed by atoms with Crippen LogP contribution in [0.4, 0.5) is 4.79 Å². The van der Waals surface area contributed by atoms with Gasteiger partial charge in [0, 0.05) is 0 Å². The van der Waals surface area contributed by atoms with E-state index in [2.05, 4.69) is 0 Å². The van der Waals surface area contributed by atoms with Gasteiger partial charge in [-0.25, -0.2) is 4.79 Å². The Labute approximate surface area is 88.4 Å². The van der Waals surface area contributed by atoms with Gasteiger partial charge in [0.1, 0.15) is 11.5 Å². The van der Waals surface area contributed by atoms with Crippen LogP contribution >= 0.6 is 0 Å². The van der Waals surface area contributed by atoms with Crippen molar-refractivity contribution in [3.8, 4) is 11.5 Å². The molecule has 0 saturated carbocycles. The second kappa shape index (κ2) is 5.24. The van der Waals surface area contributed by atoms with Gasteiger partial charge in [0.25, 0.3) is 0 Å². The number of hydrogen-bond acceptors (Lipinski definition) is 4. The number of phenolic OH excluding ortho intramolecular Hbond substituents is 1. The SMILES string of the molecule is CC(C)COC(=O)Oc1ccc(O)cc1. The molecule has 1 aromatic carbocycles. The van der Waals surface area contributed by atoms with Gasteiger partial charge in [-0.05, 0) is 30.2 Å². The summed E-state index contributed by atoms with van der Waals surface area (Å²) in [6.07, 6.45) is -0.727. The van der Waals surface area contributed by atoms with Crippen LogP contribution in [0.15, 0.2) is 24.3 Å². The van der Waals surface area contributed by atoms with Crippen molar-refractivity contribution < 1.29 is 19.4 Å². The number of aromatic hydroxyl groups is 1. The molecule has 0 fully saturated rings. The fourth-order valence-corrected chi connectivity index (χ4v) is 0.875. The maximum atomic E-state index is 11.1. The Morgan fingerprint density at radius 2 is 1.93 bits per heavy atom. The van der Waals surface area contributed by atoms with Crippen LogP contribution in [0.5, 0.6) is 11.5 Å². The number of benzene rings is 1. The third-order valence-electron chi connectivity index (χ3n) is 1.57. The monoisotopic (exact) mass is 210 g/mol. The summed E-state index contributed by atoms with van der Waals surface area (Å²) in [5.41, 5.74) is 0. The van der Waals surface area contributed by atoms with Gasteiger partial charge in [-0.2, -0.15) is 0 Å². The Morgan fingerprint density at radius 3 is 2.47 bits per heavy atom. The molecule has 0 aliphatic rings. The second-order valence-corrected chi connectivity index (χ2v) is 3.55. The minimum atomic E-state index is -0.727. The summed E-state index contributed by atoms with van der Waals surface area (Å²) >= 11 is 0. The van der Waals surface area contributed by atoms with E-state index >= 15 is 0 Å². The molecule has 0 radical (unpaired) electrons. The van der Waals surface area contributed by atoms with Gasteiger partial charge in [-0.1, -0.05) is 13.8 Å². The van der Waals surface area contributed by atoms with Gasteiger partial charge in [0.05, 0.1) is 6.61 Å². The molecular weight excluding hydrogens is 196 g/mol. The molecule has 0 heterocycles. The number of ether oxygens (including phenoxy) is 2. The largest absolute Gasteiger partial charge is 0.513 e. The number of rotatable bonds is 3. The van der Waals surface area contributed by atoms with Gasteiger partial charge in [-0.3, -0.25) is 0 Å². The fourth-order valence-electron chi connectivity index (χ4n) is 0.875. The van der Waals surface area contributed by atoms with Crippen molar-refractivity contribution in [2.45, 2.75) is 13.8 Å². The number of carbonyl (C=O) groups is 1. The van der Waals surface area contributed by atoms with Crippen LogP contribution in [0.2, 0.25) is 0 Å². The highest BCUT2D eigenvalue weighted by molar-refractivity contribution is 5.63. The fraction of sp³-hybridized carbons (Fsp3) is 0.364. The molecule has 1 aromatic rings. The predicted molar refractivity (Wildman–Crippen MR) is 54.9 cm³/mol. The molecule has 1 N–H and O–H groups in total. The molecule has 4 heteroatoms. The van der Waals surface area contributed by atoms with Gasteiger partial charge in [0.2, 0.25) is 0 Å². The average molecular weight is 210 g/mol. The zero-order chi connectivity index (χ0) is 11.3. The van der Waals surface area contributed by atoms with Crippen molar-refractivity contribution >= 4 is 6.16 Å². The normalized spacial score (nSPS) is 10.1. The van der Waals surface area contributed by atoms with Gasteiger partial charge in [-0.15, -0.1) is 0 Å². The zero-order valence-corrected chi connectivity index (χ0v) is 8.77. The first kappa shape index (κ1) is 11.4. The number of carbonyl (C=O) groups excluding carboxylic acids is 1. The van der Waals surface area contributed by atoms with Crippen LogP contribution in [0, 0.1) is 5.92 Å². The first-order chi connectivity index (χ1) is 7.08. The standard InChI is InChI=1S/C11H14O4/c1-8(2)7-14-11(13)15-10-5-3-9(12)4-6-10/h3-6,8,12H,7H2,1-2H3. The lowest BCUT2D eigenvalue weighted by Gasteiger charge is -2.07. The molecule has 0 amide bonds. The summed E-state index contributed by atoms with van der Waals surface area (Å²) in [6.45, 7) is 4.21. The molecule has 0 bridgehead atoms. The number of hydrogen-bond donors (Lipinski definition) is 1. The van der Waals surface area contributed by atoms with Gasteiger partial charge < -0.3 is 14.6 Å². The molecule has 0 aromatic heterocycles. The van der Waals surface area contributed by atoms with Gasteiger partial charge >= 0.3 is 6.16 Å². The van der Waals surface area contributed by atoms with E-state index in [1.54, 1.807) is 0 Å². The third-order valence-corrected chi connectivity index (χ3v) is 1.57. The van der Waals surface area contributed by atoms with Crippen LogP contribution < -0.4 is 4.74 Å². The highest BCUT2D eigenvalue weighted by Gasteiger charge is 2.06. The lowest BCUT2D eigenvalue weighted by molar-refractivity contribution is 0.0885. The van der Waals surface area contributed by atoms with Crippen LogP contribution in [-0.2, 0) is 4.74 Å². The third kappa shape index (κ3) is 4.35. The first-order valence-electron chi connectivity index (χ1n) is 4.71. The maximum Gasteiger partial charge on any atom is 0.513 e. The van der Waals surface area contributed by atoms with Crippen molar-refractivity contribution in [2.24, 2.45) is 5.92 Å². The smallest absolute Gasteiger partial charge is 0.508 e. The average Bonchev–Trinajstić information content (AvgIpc) is 2.19. The highest BCUT2D eigenvalue weighted by Crippen LogP contribution is 2.16.